The van der Waals surface area contributed by atoms with Gasteiger partial charge in [0.1, 0.15) is 5.82 Å². The van der Waals surface area contributed by atoms with E-state index in [1.54, 1.807) is 6.07 Å². The zero-order valence-corrected chi connectivity index (χ0v) is 12.7. The summed E-state index contributed by atoms with van der Waals surface area (Å²) in [6.07, 6.45) is 3.90. The van der Waals surface area contributed by atoms with Crippen molar-refractivity contribution in [3.05, 3.63) is 70.5 Å². The number of nitrogens with one attached hydrogen (secondary N) is 1. The van der Waals surface area contributed by atoms with Gasteiger partial charge in [-0.2, -0.15) is 0 Å². The minimum atomic E-state index is -0.144. The van der Waals surface area contributed by atoms with Crippen LogP contribution in [0, 0.1) is 12.7 Å². The zero-order chi connectivity index (χ0) is 14.8. The first kappa shape index (κ1) is 14.3. The molecule has 1 N–H and O–H groups in total. The van der Waals surface area contributed by atoms with Crippen molar-refractivity contribution in [2.45, 2.75) is 38.1 Å². The maximum Gasteiger partial charge on any atom is 0.128 e. The fourth-order valence-corrected chi connectivity index (χ4v) is 3.12. The van der Waals surface area contributed by atoms with Gasteiger partial charge in [0.2, 0.25) is 0 Å². The van der Waals surface area contributed by atoms with Gasteiger partial charge in [0.25, 0.3) is 0 Å². The third kappa shape index (κ3) is 2.86. The zero-order valence-electron chi connectivity index (χ0n) is 12.7. The normalized spacial score (nSPS) is 16.5. The summed E-state index contributed by atoms with van der Waals surface area (Å²) in [7, 11) is 1.89. The van der Waals surface area contributed by atoms with E-state index in [1.807, 2.05) is 26.1 Å². The fraction of sp³-hybridized carbons (Fsp3) is 0.368. The lowest BCUT2D eigenvalue weighted by Gasteiger charge is -2.27. The van der Waals surface area contributed by atoms with Crippen molar-refractivity contribution in [2.24, 2.45) is 0 Å². The molecular formula is C19H22FN. The van der Waals surface area contributed by atoms with E-state index < -0.39 is 0 Å². The Hall–Kier alpha value is -1.67. The second-order valence-corrected chi connectivity index (χ2v) is 6.04. The smallest absolute Gasteiger partial charge is 0.128 e. The largest absolute Gasteiger partial charge is 0.309 e. The molecule has 1 atom stereocenters. The standard InChI is InChI=1S/C19H22FN/c1-13-9-10-18(20)17(11-13)19(21-2)16-8-4-7-15(12-16)14-5-3-6-14/h4,7-12,14,19,21H,3,5-6H2,1-2H3. The molecule has 0 aliphatic heterocycles. The summed E-state index contributed by atoms with van der Waals surface area (Å²) in [6, 6.07) is 13.9. The van der Waals surface area contributed by atoms with E-state index in [1.165, 1.54) is 24.8 Å². The third-order valence-electron chi connectivity index (χ3n) is 4.57. The van der Waals surface area contributed by atoms with Gasteiger partial charge >= 0.3 is 0 Å². The summed E-state index contributed by atoms with van der Waals surface area (Å²) in [6.45, 7) is 2.00. The monoisotopic (exact) mass is 283 g/mol. The van der Waals surface area contributed by atoms with Crippen molar-refractivity contribution in [3.8, 4) is 0 Å². The summed E-state index contributed by atoms with van der Waals surface area (Å²) < 4.78 is 14.2. The molecule has 2 aromatic rings. The predicted octanol–water partition coefficient (Wildman–Crippen LogP) is 4.71. The van der Waals surface area contributed by atoms with Crippen LogP contribution in [0.2, 0.25) is 0 Å². The lowest BCUT2D eigenvalue weighted by atomic mass is 9.79. The Morgan fingerprint density at radius 3 is 2.62 bits per heavy atom. The Kier molecular flexibility index (Phi) is 4.07. The molecule has 1 aliphatic rings. The molecule has 21 heavy (non-hydrogen) atoms. The van der Waals surface area contributed by atoms with E-state index in [0.717, 1.165) is 16.7 Å². The summed E-state index contributed by atoms with van der Waals surface area (Å²) in [5.41, 5.74) is 4.35. The topological polar surface area (TPSA) is 12.0 Å². The maximum atomic E-state index is 14.2. The van der Waals surface area contributed by atoms with Crippen LogP contribution in [0.25, 0.3) is 0 Å². The molecule has 1 nitrogen and oxygen atoms in total. The van der Waals surface area contributed by atoms with Crippen LogP contribution in [-0.2, 0) is 0 Å². The Morgan fingerprint density at radius 2 is 1.95 bits per heavy atom. The van der Waals surface area contributed by atoms with Crippen LogP contribution < -0.4 is 5.32 Å². The fourth-order valence-electron chi connectivity index (χ4n) is 3.12. The summed E-state index contributed by atoms with van der Waals surface area (Å²) in [5.74, 6) is 0.554. The number of hydrogen-bond acceptors (Lipinski definition) is 1. The highest BCUT2D eigenvalue weighted by molar-refractivity contribution is 5.38. The first-order valence-electron chi connectivity index (χ1n) is 7.72. The summed E-state index contributed by atoms with van der Waals surface area (Å²) >= 11 is 0. The van der Waals surface area contributed by atoms with Crippen LogP contribution in [0.3, 0.4) is 0 Å². The van der Waals surface area contributed by atoms with E-state index >= 15 is 0 Å². The minimum Gasteiger partial charge on any atom is -0.309 e. The molecule has 3 rings (SSSR count). The van der Waals surface area contributed by atoms with Crippen molar-refractivity contribution in [1.29, 1.82) is 0 Å². The molecule has 0 aromatic heterocycles. The van der Waals surface area contributed by atoms with Crippen LogP contribution in [0.4, 0.5) is 4.39 Å². The lowest BCUT2D eigenvalue weighted by Crippen LogP contribution is -2.20. The number of rotatable bonds is 4. The quantitative estimate of drug-likeness (QED) is 0.857. The molecule has 1 saturated carbocycles. The van der Waals surface area contributed by atoms with Crippen molar-refractivity contribution >= 4 is 0 Å². The van der Waals surface area contributed by atoms with Gasteiger partial charge in [-0.1, -0.05) is 48.4 Å². The van der Waals surface area contributed by atoms with Gasteiger partial charge in [-0.15, -0.1) is 0 Å². The Balaban J connectivity index is 1.97. The molecule has 1 unspecified atom stereocenters. The highest BCUT2D eigenvalue weighted by Gasteiger charge is 2.22. The van der Waals surface area contributed by atoms with Gasteiger partial charge < -0.3 is 5.32 Å². The molecule has 0 saturated heterocycles. The van der Waals surface area contributed by atoms with Gasteiger partial charge in [0.15, 0.2) is 0 Å². The lowest BCUT2D eigenvalue weighted by molar-refractivity contribution is 0.419. The van der Waals surface area contributed by atoms with Crippen LogP contribution >= 0.6 is 0 Å². The Morgan fingerprint density at radius 1 is 1.14 bits per heavy atom. The second-order valence-electron chi connectivity index (χ2n) is 6.04. The van der Waals surface area contributed by atoms with E-state index in [-0.39, 0.29) is 11.9 Å². The molecule has 0 heterocycles. The van der Waals surface area contributed by atoms with Crippen molar-refractivity contribution in [1.82, 2.24) is 5.32 Å². The van der Waals surface area contributed by atoms with Crippen molar-refractivity contribution in [3.63, 3.8) is 0 Å². The molecule has 1 aliphatic carbocycles. The number of benzene rings is 2. The number of hydrogen-bond donors (Lipinski definition) is 1. The van der Waals surface area contributed by atoms with Gasteiger partial charge in [-0.05, 0) is 49.9 Å². The van der Waals surface area contributed by atoms with Gasteiger partial charge in [0, 0.05) is 5.56 Å². The van der Waals surface area contributed by atoms with Crippen LogP contribution in [-0.4, -0.2) is 7.05 Å². The highest BCUT2D eigenvalue weighted by Crippen LogP contribution is 2.37. The summed E-state index contributed by atoms with van der Waals surface area (Å²) in [4.78, 5) is 0. The highest BCUT2D eigenvalue weighted by atomic mass is 19.1. The molecule has 0 spiro atoms. The number of halogens is 1. The van der Waals surface area contributed by atoms with E-state index in [9.17, 15) is 4.39 Å². The average Bonchev–Trinajstić information content (AvgIpc) is 2.42. The molecule has 2 heteroatoms. The van der Waals surface area contributed by atoms with E-state index in [2.05, 4.69) is 29.6 Å². The molecular weight excluding hydrogens is 261 g/mol. The van der Waals surface area contributed by atoms with E-state index in [4.69, 9.17) is 0 Å². The van der Waals surface area contributed by atoms with Crippen LogP contribution in [0.15, 0.2) is 42.5 Å². The predicted molar refractivity (Wildman–Crippen MR) is 85.1 cm³/mol. The molecule has 1 fully saturated rings. The third-order valence-corrected chi connectivity index (χ3v) is 4.57. The summed E-state index contributed by atoms with van der Waals surface area (Å²) in [5, 5.41) is 3.26. The number of aryl methyl sites for hydroxylation is 1. The van der Waals surface area contributed by atoms with Gasteiger partial charge in [0.05, 0.1) is 6.04 Å². The van der Waals surface area contributed by atoms with Gasteiger partial charge in [-0.25, -0.2) is 4.39 Å². The van der Waals surface area contributed by atoms with Gasteiger partial charge in [-0.3, -0.25) is 0 Å². The Bertz CT molecular complexity index is 631. The maximum absolute atomic E-state index is 14.2. The average molecular weight is 283 g/mol. The molecule has 0 amide bonds. The molecule has 110 valence electrons. The Labute approximate surface area is 126 Å². The van der Waals surface area contributed by atoms with Crippen molar-refractivity contribution in [2.75, 3.05) is 7.05 Å². The van der Waals surface area contributed by atoms with Crippen LogP contribution in [0.5, 0.6) is 0 Å². The molecule has 0 radical (unpaired) electrons. The van der Waals surface area contributed by atoms with Crippen molar-refractivity contribution < 1.29 is 4.39 Å². The minimum absolute atomic E-state index is 0.0927. The van der Waals surface area contributed by atoms with Crippen LogP contribution in [0.1, 0.15) is 53.5 Å². The first-order chi connectivity index (χ1) is 10.2. The van der Waals surface area contributed by atoms with E-state index in [0.29, 0.717) is 5.92 Å². The SMILES string of the molecule is CNC(c1cccc(C2CCC2)c1)c1cc(C)ccc1F. The second kappa shape index (κ2) is 5.98. The molecule has 0 bridgehead atoms. The molecule has 2 aromatic carbocycles. The first-order valence-corrected chi connectivity index (χ1v) is 7.72.